The summed E-state index contributed by atoms with van der Waals surface area (Å²) in [6.07, 6.45) is 0. The van der Waals surface area contributed by atoms with Crippen molar-refractivity contribution in [2.45, 2.75) is 6.54 Å². The number of nitrogens with zero attached hydrogens (tertiary/aromatic N) is 4. The summed E-state index contributed by atoms with van der Waals surface area (Å²) in [4.78, 5) is 17.3. The largest absolute Gasteiger partial charge is 0.332 e. The van der Waals surface area contributed by atoms with Crippen molar-refractivity contribution in [3.05, 3.63) is 76.9 Å². The standard InChI is InChI=1S/C22H25ClN4O/c1-25(2)13-14-27(16-17-9-5-4-6-10-17)22(28)21-15-20(24-26(21)3)18-11-7-8-12-19(18)23/h4-12,15H,13-14,16H2,1-3H3. The van der Waals surface area contributed by atoms with Crippen molar-refractivity contribution in [3.63, 3.8) is 0 Å². The number of carbonyl (C=O) groups is 1. The fourth-order valence-electron chi connectivity index (χ4n) is 3.01. The van der Waals surface area contributed by atoms with Gasteiger partial charge in [-0.2, -0.15) is 5.10 Å². The number of hydrogen-bond acceptors (Lipinski definition) is 3. The Labute approximate surface area is 171 Å². The highest BCUT2D eigenvalue weighted by Crippen LogP contribution is 2.27. The predicted molar refractivity (Wildman–Crippen MR) is 113 cm³/mol. The average Bonchev–Trinajstić information content (AvgIpc) is 3.07. The number of halogens is 1. The minimum atomic E-state index is -0.0426. The summed E-state index contributed by atoms with van der Waals surface area (Å²) in [5.74, 6) is -0.0426. The van der Waals surface area contributed by atoms with Crippen molar-refractivity contribution in [3.8, 4) is 11.3 Å². The quantitative estimate of drug-likeness (QED) is 0.607. The van der Waals surface area contributed by atoms with E-state index in [4.69, 9.17) is 11.6 Å². The molecule has 1 aromatic heterocycles. The highest BCUT2D eigenvalue weighted by atomic mass is 35.5. The molecule has 146 valence electrons. The predicted octanol–water partition coefficient (Wildman–Crippen LogP) is 3.94. The topological polar surface area (TPSA) is 41.4 Å². The van der Waals surface area contributed by atoms with Crippen molar-refractivity contribution < 1.29 is 4.79 Å². The van der Waals surface area contributed by atoms with Crippen LogP contribution in [0.4, 0.5) is 0 Å². The van der Waals surface area contributed by atoms with Crippen molar-refractivity contribution in [1.82, 2.24) is 19.6 Å². The molecule has 0 aliphatic carbocycles. The van der Waals surface area contributed by atoms with Gasteiger partial charge < -0.3 is 9.80 Å². The van der Waals surface area contributed by atoms with E-state index in [0.29, 0.717) is 29.5 Å². The Morgan fingerprint density at radius 3 is 2.39 bits per heavy atom. The first-order chi connectivity index (χ1) is 13.5. The van der Waals surface area contributed by atoms with Crippen LogP contribution in [0.2, 0.25) is 5.02 Å². The van der Waals surface area contributed by atoms with E-state index in [-0.39, 0.29) is 5.91 Å². The molecule has 5 nitrogen and oxygen atoms in total. The molecule has 0 saturated heterocycles. The number of likely N-dealkylation sites (N-methyl/N-ethyl adjacent to an activating group) is 1. The molecule has 1 amide bonds. The van der Waals surface area contributed by atoms with E-state index in [1.54, 1.807) is 11.7 Å². The number of carbonyl (C=O) groups excluding carboxylic acids is 1. The molecule has 0 aliphatic heterocycles. The van der Waals surface area contributed by atoms with Crippen LogP contribution in [0.3, 0.4) is 0 Å². The van der Waals surface area contributed by atoms with Gasteiger partial charge in [-0.1, -0.05) is 60.1 Å². The number of aryl methyl sites for hydroxylation is 1. The van der Waals surface area contributed by atoms with Gasteiger partial charge in [0.1, 0.15) is 5.69 Å². The summed E-state index contributed by atoms with van der Waals surface area (Å²) in [5, 5.41) is 5.14. The van der Waals surface area contributed by atoms with Gasteiger partial charge in [-0.25, -0.2) is 0 Å². The van der Waals surface area contributed by atoms with Crippen molar-refractivity contribution in [1.29, 1.82) is 0 Å². The van der Waals surface area contributed by atoms with Crippen LogP contribution in [0.5, 0.6) is 0 Å². The van der Waals surface area contributed by atoms with Gasteiger partial charge in [-0.05, 0) is 31.8 Å². The Morgan fingerprint density at radius 2 is 1.71 bits per heavy atom. The molecule has 3 rings (SSSR count). The maximum atomic E-state index is 13.3. The van der Waals surface area contributed by atoms with E-state index in [2.05, 4.69) is 10.00 Å². The van der Waals surface area contributed by atoms with Crippen molar-refractivity contribution in [2.24, 2.45) is 7.05 Å². The lowest BCUT2D eigenvalue weighted by atomic mass is 10.1. The molecule has 1 heterocycles. The molecule has 2 aromatic carbocycles. The molecule has 0 radical (unpaired) electrons. The summed E-state index contributed by atoms with van der Waals surface area (Å²) in [6.45, 7) is 1.97. The van der Waals surface area contributed by atoms with Crippen molar-refractivity contribution >= 4 is 17.5 Å². The lowest BCUT2D eigenvalue weighted by molar-refractivity contribution is 0.0721. The fourth-order valence-corrected chi connectivity index (χ4v) is 3.24. The van der Waals surface area contributed by atoms with Gasteiger partial charge in [-0.3, -0.25) is 9.48 Å². The summed E-state index contributed by atoms with van der Waals surface area (Å²) >= 11 is 6.30. The minimum Gasteiger partial charge on any atom is -0.332 e. The van der Waals surface area contributed by atoms with Crippen molar-refractivity contribution in [2.75, 3.05) is 27.2 Å². The second-order valence-electron chi connectivity index (χ2n) is 7.03. The first-order valence-corrected chi connectivity index (χ1v) is 9.60. The zero-order chi connectivity index (χ0) is 20.1. The Morgan fingerprint density at radius 1 is 1.04 bits per heavy atom. The Bertz CT molecular complexity index is 937. The summed E-state index contributed by atoms with van der Waals surface area (Å²) in [7, 11) is 5.80. The monoisotopic (exact) mass is 396 g/mol. The maximum Gasteiger partial charge on any atom is 0.272 e. The van der Waals surface area contributed by atoms with Gasteiger partial charge in [0, 0.05) is 32.2 Å². The lowest BCUT2D eigenvalue weighted by Crippen LogP contribution is -2.37. The van der Waals surface area contributed by atoms with Gasteiger partial charge in [0.05, 0.1) is 10.7 Å². The number of amides is 1. The first-order valence-electron chi connectivity index (χ1n) is 9.22. The Kier molecular flexibility index (Phi) is 6.49. The van der Waals surface area contributed by atoms with Gasteiger partial charge >= 0.3 is 0 Å². The molecule has 0 aliphatic rings. The Hall–Kier alpha value is -2.63. The molecular formula is C22H25ClN4O. The Balaban J connectivity index is 1.88. The highest BCUT2D eigenvalue weighted by molar-refractivity contribution is 6.33. The normalized spacial score (nSPS) is 11.0. The molecule has 6 heteroatoms. The molecule has 0 unspecified atom stereocenters. The molecule has 28 heavy (non-hydrogen) atoms. The zero-order valence-electron chi connectivity index (χ0n) is 16.5. The van der Waals surface area contributed by atoms with E-state index < -0.39 is 0 Å². The van der Waals surface area contributed by atoms with E-state index in [1.165, 1.54) is 0 Å². The summed E-state index contributed by atoms with van der Waals surface area (Å²) in [5.41, 5.74) is 3.16. The molecule has 0 fully saturated rings. The average molecular weight is 397 g/mol. The van der Waals surface area contributed by atoms with E-state index in [1.807, 2.05) is 79.7 Å². The maximum absolute atomic E-state index is 13.3. The third-order valence-electron chi connectivity index (χ3n) is 4.57. The van der Waals surface area contributed by atoms with Crippen LogP contribution in [0.25, 0.3) is 11.3 Å². The van der Waals surface area contributed by atoms with Gasteiger partial charge in [0.25, 0.3) is 5.91 Å². The summed E-state index contributed by atoms with van der Waals surface area (Å²) < 4.78 is 1.63. The van der Waals surface area contributed by atoms with Gasteiger partial charge in [-0.15, -0.1) is 0 Å². The lowest BCUT2D eigenvalue weighted by Gasteiger charge is -2.24. The molecule has 0 saturated carbocycles. The smallest absolute Gasteiger partial charge is 0.272 e. The molecule has 3 aromatic rings. The number of hydrogen-bond donors (Lipinski definition) is 0. The zero-order valence-corrected chi connectivity index (χ0v) is 17.2. The van der Waals surface area contributed by atoms with Crippen LogP contribution in [-0.2, 0) is 13.6 Å². The molecular weight excluding hydrogens is 372 g/mol. The van der Waals surface area contributed by atoms with E-state index in [9.17, 15) is 4.79 Å². The first kappa shape index (κ1) is 20.1. The molecule has 0 spiro atoms. The van der Waals surface area contributed by atoms with Crippen LogP contribution in [0, 0.1) is 0 Å². The van der Waals surface area contributed by atoms with Crippen LogP contribution < -0.4 is 0 Å². The van der Waals surface area contributed by atoms with E-state index in [0.717, 1.165) is 17.7 Å². The molecule has 0 N–H and O–H groups in total. The SMILES string of the molecule is CN(C)CCN(Cc1ccccc1)C(=O)c1cc(-c2ccccc2Cl)nn1C. The highest BCUT2D eigenvalue weighted by Gasteiger charge is 2.21. The van der Waals surface area contributed by atoms with Gasteiger partial charge in [0.15, 0.2) is 0 Å². The third kappa shape index (κ3) is 4.80. The molecule has 0 atom stereocenters. The van der Waals surface area contributed by atoms with Crippen LogP contribution in [0.1, 0.15) is 16.1 Å². The van der Waals surface area contributed by atoms with Crippen LogP contribution in [0.15, 0.2) is 60.7 Å². The second-order valence-corrected chi connectivity index (χ2v) is 7.44. The summed E-state index contributed by atoms with van der Waals surface area (Å²) in [6, 6.07) is 19.4. The second kappa shape index (κ2) is 9.04. The van der Waals surface area contributed by atoms with Crippen LogP contribution in [-0.4, -0.2) is 52.7 Å². The van der Waals surface area contributed by atoms with Crippen LogP contribution >= 0.6 is 11.6 Å². The molecule has 0 bridgehead atoms. The number of benzene rings is 2. The number of aromatic nitrogens is 2. The third-order valence-corrected chi connectivity index (χ3v) is 4.90. The number of rotatable bonds is 7. The fraction of sp³-hybridized carbons (Fsp3) is 0.273. The minimum absolute atomic E-state index is 0.0426. The van der Waals surface area contributed by atoms with E-state index >= 15 is 0 Å². The van der Waals surface area contributed by atoms with Gasteiger partial charge in [0.2, 0.25) is 0 Å².